The van der Waals surface area contributed by atoms with E-state index in [9.17, 15) is 5.11 Å². The molecule has 1 heterocycles. The third-order valence-electron chi connectivity index (χ3n) is 2.56. The predicted molar refractivity (Wildman–Crippen MR) is 64.6 cm³/mol. The lowest BCUT2D eigenvalue weighted by Crippen LogP contribution is -2.11. The van der Waals surface area contributed by atoms with Crippen molar-refractivity contribution in [2.45, 2.75) is 39.2 Å². The zero-order chi connectivity index (χ0) is 12.0. The van der Waals surface area contributed by atoms with Crippen LogP contribution in [0.15, 0.2) is 18.3 Å². The van der Waals surface area contributed by atoms with Gasteiger partial charge in [0.05, 0.1) is 13.2 Å². The molecule has 0 saturated heterocycles. The molecule has 0 amide bonds. The van der Waals surface area contributed by atoms with Crippen molar-refractivity contribution in [3.05, 3.63) is 23.9 Å². The van der Waals surface area contributed by atoms with E-state index in [-0.39, 0.29) is 6.10 Å². The average molecular weight is 223 g/mol. The van der Waals surface area contributed by atoms with Crippen molar-refractivity contribution in [3.8, 4) is 5.88 Å². The topological polar surface area (TPSA) is 42.4 Å². The van der Waals surface area contributed by atoms with Gasteiger partial charge in [0.2, 0.25) is 5.88 Å². The van der Waals surface area contributed by atoms with E-state index in [1.54, 1.807) is 13.3 Å². The third kappa shape index (κ3) is 4.62. The summed E-state index contributed by atoms with van der Waals surface area (Å²) in [7, 11) is 1.60. The molecule has 0 bridgehead atoms. The fourth-order valence-corrected chi connectivity index (χ4v) is 1.55. The van der Waals surface area contributed by atoms with Gasteiger partial charge in [-0.1, -0.05) is 19.9 Å². The number of hydrogen-bond donors (Lipinski definition) is 1. The first-order chi connectivity index (χ1) is 7.61. The molecule has 0 fully saturated rings. The van der Waals surface area contributed by atoms with Crippen LogP contribution < -0.4 is 4.74 Å². The molecule has 3 nitrogen and oxygen atoms in total. The Bertz CT molecular complexity index is 295. The van der Waals surface area contributed by atoms with Crippen molar-refractivity contribution in [1.82, 2.24) is 4.98 Å². The van der Waals surface area contributed by atoms with Gasteiger partial charge < -0.3 is 9.84 Å². The van der Waals surface area contributed by atoms with E-state index in [1.807, 2.05) is 12.1 Å². The standard InChI is InChI=1S/C13H21NO2/c1-10(2)4-6-12(15)8-11-5-7-13(16-3)14-9-11/h5,7,9-10,12,15H,4,6,8H2,1-3H3. The van der Waals surface area contributed by atoms with Crippen molar-refractivity contribution >= 4 is 0 Å². The minimum atomic E-state index is -0.266. The van der Waals surface area contributed by atoms with Crippen molar-refractivity contribution in [3.63, 3.8) is 0 Å². The molecule has 0 spiro atoms. The van der Waals surface area contributed by atoms with Gasteiger partial charge in [-0.15, -0.1) is 0 Å². The van der Waals surface area contributed by atoms with Gasteiger partial charge in [-0.2, -0.15) is 0 Å². The Morgan fingerprint density at radius 3 is 2.56 bits per heavy atom. The van der Waals surface area contributed by atoms with E-state index in [0.717, 1.165) is 18.4 Å². The molecule has 1 N–H and O–H groups in total. The van der Waals surface area contributed by atoms with E-state index in [1.165, 1.54) is 0 Å². The first kappa shape index (κ1) is 13.0. The Morgan fingerprint density at radius 2 is 2.06 bits per heavy atom. The Morgan fingerprint density at radius 1 is 1.31 bits per heavy atom. The van der Waals surface area contributed by atoms with Gasteiger partial charge in [-0.25, -0.2) is 4.98 Å². The maximum absolute atomic E-state index is 9.82. The van der Waals surface area contributed by atoms with Crippen LogP contribution in [0.3, 0.4) is 0 Å². The maximum atomic E-state index is 9.82. The number of nitrogens with zero attached hydrogens (tertiary/aromatic N) is 1. The first-order valence-corrected chi connectivity index (χ1v) is 5.78. The van der Waals surface area contributed by atoms with Gasteiger partial charge >= 0.3 is 0 Å². The van der Waals surface area contributed by atoms with Crippen LogP contribution >= 0.6 is 0 Å². The van der Waals surface area contributed by atoms with Gasteiger partial charge in [0.25, 0.3) is 0 Å². The number of aromatic nitrogens is 1. The largest absolute Gasteiger partial charge is 0.481 e. The fraction of sp³-hybridized carbons (Fsp3) is 0.615. The predicted octanol–water partition coefficient (Wildman–Crippen LogP) is 2.43. The van der Waals surface area contributed by atoms with Crippen LogP contribution in [0.4, 0.5) is 0 Å². The molecular weight excluding hydrogens is 202 g/mol. The van der Waals surface area contributed by atoms with Crippen LogP contribution in [0, 0.1) is 5.92 Å². The number of ether oxygens (including phenoxy) is 1. The van der Waals surface area contributed by atoms with E-state index >= 15 is 0 Å². The molecule has 1 atom stereocenters. The molecule has 0 aromatic carbocycles. The minimum Gasteiger partial charge on any atom is -0.481 e. The van der Waals surface area contributed by atoms with Gasteiger partial charge in [-0.3, -0.25) is 0 Å². The molecule has 16 heavy (non-hydrogen) atoms. The first-order valence-electron chi connectivity index (χ1n) is 5.78. The summed E-state index contributed by atoms with van der Waals surface area (Å²) in [4.78, 5) is 4.11. The van der Waals surface area contributed by atoms with Gasteiger partial charge in [0, 0.05) is 12.3 Å². The Hall–Kier alpha value is -1.09. The summed E-state index contributed by atoms with van der Waals surface area (Å²) in [6.07, 6.45) is 4.08. The molecule has 1 aromatic rings. The summed E-state index contributed by atoms with van der Waals surface area (Å²) in [5, 5.41) is 9.82. The highest BCUT2D eigenvalue weighted by atomic mass is 16.5. The molecule has 1 unspecified atom stereocenters. The lowest BCUT2D eigenvalue weighted by Gasteiger charge is -2.12. The number of methoxy groups -OCH3 is 1. The maximum Gasteiger partial charge on any atom is 0.212 e. The van der Waals surface area contributed by atoms with E-state index in [4.69, 9.17) is 4.74 Å². The number of hydrogen-bond acceptors (Lipinski definition) is 3. The second-order valence-electron chi connectivity index (χ2n) is 4.54. The monoisotopic (exact) mass is 223 g/mol. The van der Waals surface area contributed by atoms with E-state index in [0.29, 0.717) is 18.2 Å². The van der Waals surface area contributed by atoms with E-state index in [2.05, 4.69) is 18.8 Å². The molecule has 90 valence electrons. The highest BCUT2D eigenvalue weighted by molar-refractivity contribution is 5.18. The number of pyridine rings is 1. The molecular formula is C13H21NO2. The summed E-state index contributed by atoms with van der Waals surface area (Å²) in [5.41, 5.74) is 1.05. The molecule has 0 aliphatic carbocycles. The highest BCUT2D eigenvalue weighted by Crippen LogP contribution is 2.13. The summed E-state index contributed by atoms with van der Waals surface area (Å²) in [5.74, 6) is 1.25. The lowest BCUT2D eigenvalue weighted by atomic mass is 10.0. The second kappa shape index (κ2) is 6.48. The van der Waals surface area contributed by atoms with Gasteiger partial charge in [0.1, 0.15) is 0 Å². The third-order valence-corrected chi connectivity index (χ3v) is 2.56. The Labute approximate surface area is 97.5 Å². The second-order valence-corrected chi connectivity index (χ2v) is 4.54. The smallest absolute Gasteiger partial charge is 0.212 e. The highest BCUT2D eigenvalue weighted by Gasteiger charge is 2.07. The van der Waals surface area contributed by atoms with Crippen LogP contribution in [-0.4, -0.2) is 23.3 Å². The van der Waals surface area contributed by atoms with Crippen molar-refractivity contribution in [2.24, 2.45) is 5.92 Å². The molecule has 0 radical (unpaired) electrons. The average Bonchev–Trinajstić information content (AvgIpc) is 2.27. The zero-order valence-electron chi connectivity index (χ0n) is 10.3. The Kier molecular flexibility index (Phi) is 5.26. The van der Waals surface area contributed by atoms with Gasteiger partial charge in [-0.05, 0) is 30.7 Å². The molecule has 0 saturated carbocycles. The molecule has 0 aliphatic rings. The zero-order valence-corrected chi connectivity index (χ0v) is 10.3. The van der Waals surface area contributed by atoms with Crippen LogP contribution in [0.5, 0.6) is 5.88 Å². The SMILES string of the molecule is COc1ccc(CC(O)CCC(C)C)cn1. The fourth-order valence-electron chi connectivity index (χ4n) is 1.55. The van der Waals surface area contributed by atoms with Crippen LogP contribution in [-0.2, 0) is 6.42 Å². The van der Waals surface area contributed by atoms with Crippen molar-refractivity contribution in [2.75, 3.05) is 7.11 Å². The molecule has 1 rings (SSSR count). The van der Waals surface area contributed by atoms with Crippen LogP contribution in [0.1, 0.15) is 32.3 Å². The van der Waals surface area contributed by atoms with Crippen molar-refractivity contribution in [1.29, 1.82) is 0 Å². The number of aliphatic hydroxyl groups excluding tert-OH is 1. The summed E-state index contributed by atoms with van der Waals surface area (Å²) < 4.78 is 4.98. The molecule has 0 aliphatic heterocycles. The lowest BCUT2D eigenvalue weighted by molar-refractivity contribution is 0.157. The minimum absolute atomic E-state index is 0.266. The van der Waals surface area contributed by atoms with Crippen LogP contribution in [0.25, 0.3) is 0 Å². The van der Waals surface area contributed by atoms with Crippen LogP contribution in [0.2, 0.25) is 0 Å². The summed E-state index contributed by atoms with van der Waals surface area (Å²) in [6, 6.07) is 3.77. The molecule has 1 aromatic heterocycles. The normalized spacial score (nSPS) is 12.8. The van der Waals surface area contributed by atoms with Gasteiger partial charge in [0.15, 0.2) is 0 Å². The van der Waals surface area contributed by atoms with Crippen molar-refractivity contribution < 1.29 is 9.84 Å². The number of rotatable bonds is 6. The molecule has 3 heteroatoms. The summed E-state index contributed by atoms with van der Waals surface area (Å²) in [6.45, 7) is 4.34. The Balaban J connectivity index is 2.40. The number of aliphatic hydroxyl groups is 1. The quantitative estimate of drug-likeness (QED) is 0.805. The van der Waals surface area contributed by atoms with E-state index < -0.39 is 0 Å². The summed E-state index contributed by atoms with van der Waals surface area (Å²) >= 11 is 0.